The second-order valence-electron chi connectivity index (χ2n) is 6.29. The first-order valence-corrected chi connectivity index (χ1v) is 8.43. The molecule has 2 rings (SSSR count). The molecule has 0 amide bonds. The maximum absolute atomic E-state index is 9.75. The zero-order valence-corrected chi connectivity index (χ0v) is 13.6. The van der Waals surface area contributed by atoms with Gasteiger partial charge in [-0.05, 0) is 51.0 Å². The van der Waals surface area contributed by atoms with Gasteiger partial charge in [-0.15, -0.1) is 0 Å². The summed E-state index contributed by atoms with van der Waals surface area (Å²) in [6.45, 7) is 7.63. The largest absolute Gasteiger partial charge is 0.396 e. The molecule has 1 fully saturated rings. The molecule has 1 aliphatic carbocycles. The second-order valence-corrected chi connectivity index (χ2v) is 6.29. The van der Waals surface area contributed by atoms with E-state index in [1.54, 1.807) is 0 Å². The van der Waals surface area contributed by atoms with Crippen molar-refractivity contribution < 1.29 is 5.11 Å². The van der Waals surface area contributed by atoms with Crippen LogP contribution in [0.15, 0.2) is 24.3 Å². The fourth-order valence-electron chi connectivity index (χ4n) is 3.36. The van der Waals surface area contributed by atoms with Crippen LogP contribution in [0.1, 0.15) is 46.0 Å². The van der Waals surface area contributed by atoms with Gasteiger partial charge in [-0.2, -0.15) is 0 Å². The highest BCUT2D eigenvalue weighted by Gasteiger charge is 2.30. The number of nitrogens with one attached hydrogen (secondary N) is 1. The third kappa shape index (κ3) is 4.13. The minimum atomic E-state index is 0.0930. The summed E-state index contributed by atoms with van der Waals surface area (Å²) in [4.78, 5) is 2.35. The fraction of sp³-hybridized carbons (Fsp3) is 0.667. The van der Waals surface area contributed by atoms with Gasteiger partial charge >= 0.3 is 0 Å². The molecule has 0 atom stereocenters. The van der Waals surface area contributed by atoms with Gasteiger partial charge in [-0.25, -0.2) is 0 Å². The monoisotopic (exact) mass is 290 g/mol. The number of anilines is 2. The molecule has 1 saturated carbocycles. The van der Waals surface area contributed by atoms with Crippen LogP contribution in [0, 0.1) is 5.41 Å². The van der Waals surface area contributed by atoms with Crippen LogP contribution < -0.4 is 10.2 Å². The van der Waals surface area contributed by atoms with E-state index in [4.69, 9.17) is 0 Å². The van der Waals surface area contributed by atoms with Crippen molar-refractivity contribution in [2.45, 2.75) is 46.0 Å². The summed E-state index contributed by atoms with van der Waals surface area (Å²) in [5.74, 6) is 0. The highest BCUT2D eigenvalue weighted by molar-refractivity contribution is 5.55. The summed E-state index contributed by atoms with van der Waals surface area (Å²) < 4.78 is 0. The van der Waals surface area contributed by atoms with Crippen LogP contribution in [0.4, 0.5) is 11.4 Å². The van der Waals surface area contributed by atoms with Gasteiger partial charge in [-0.3, -0.25) is 0 Å². The summed E-state index contributed by atoms with van der Waals surface area (Å²) in [5.41, 5.74) is 2.53. The lowest BCUT2D eigenvalue weighted by molar-refractivity contribution is 0.0944. The molecule has 0 saturated heterocycles. The maximum atomic E-state index is 9.75. The number of rotatable bonds is 7. The standard InChI is InChI=1S/C18H30N2O/c1-3-20(4-2)17-10-8-16(9-11-17)19-14-18(15-21)12-6-5-7-13-18/h8-11,19,21H,3-7,12-15H2,1-2H3. The summed E-state index contributed by atoms with van der Waals surface area (Å²) in [6, 6.07) is 8.67. The molecule has 1 aromatic carbocycles. The minimum Gasteiger partial charge on any atom is -0.396 e. The summed E-state index contributed by atoms with van der Waals surface area (Å²) in [5, 5.41) is 13.3. The van der Waals surface area contributed by atoms with E-state index in [-0.39, 0.29) is 5.41 Å². The molecular formula is C18H30N2O. The van der Waals surface area contributed by atoms with Gasteiger partial charge < -0.3 is 15.3 Å². The van der Waals surface area contributed by atoms with Gasteiger partial charge in [0, 0.05) is 36.4 Å². The van der Waals surface area contributed by atoms with E-state index in [0.717, 1.165) is 38.2 Å². The van der Waals surface area contributed by atoms with Gasteiger partial charge in [-0.1, -0.05) is 19.3 Å². The molecule has 0 aliphatic heterocycles. The molecule has 0 unspecified atom stereocenters. The normalized spacial score (nSPS) is 17.5. The Hall–Kier alpha value is -1.22. The average Bonchev–Trinajstić information content (AvgIpc) is 2.56. The van der Waals surface area contributed by atoms with Crippen LogP contribution in [0.3, 0.4) is 0 Å². The zero-order chi connectivity index (χ0) is 15.1. The van der Waals surface area contributed by atoms with Crippen LogP contribution in [0.2, 0.25) is 0 Å². The van der Waals surface area contributed by atoms with Crippen LogP contribution in [0.25, 0.3) is 0 Å². The van der Waals surface area contributed by atoms with Crippen LogP contribution in [-0.2, 0) is 0 Å². The Balaban J connectivity index is 1.93. The molecular weight excluding hydrogens is 260 g/mol. The van der Waals surface area contributed by atoms with Gasteiger partial charge in [0.2, 0.25) is 0 Å². The van der Waals surface area contributed by atoms with Crippen molar-refractivity contribution in [3.63, 3.8) is 0 Å². The van der Waals surface area contributed by atoms with Gasteiger partial charge in [0.1, 0.15) is 0 Å². The Bertz CT molecular complexity index is 406. The minimum absolute atomic E-state index is 0.0930. The molecule has 0 heterocycles. The molecule has 1 aliphatic rings. The van der Waals surface area contributed by atoms with Crippen molar-refractivity contribution in [3.05, 3.63) is 24.3 Å². The first-order valence-electron chi connectivity index (χ1n) is 8.43. The zero-order valence-electron chi connectivity index (χ0n) is 13.6. The third-order valence-electron chi connectivity index (χ3n) is 4.91. The molecule has 3 heteroatoms. The van der Waals surface area contributed by atoms with Gasteiger partial charge in [0.15, 0.2) is 0 Å². The predicted octanol–water partition coefficient (Wildman–Crippen LogP) is 3.89. The Morgan fingerprint density at radius 3 is 2.19 bits per heavy atom. The van der Waals surface area contributed by atoms with E-state index < -0.39 is 0 Å². The Labute approximate surface area is 129 Å². The number of aliphatic hydroxyl groups excluding tert-OH is 1. The number of hydrogen-bond acceptors (Lipinski definition) is 3. The van der Waals surface area contributed by atoms with E-state index in [1.807, 2.05) is 0 Å². The van der Waals surface area contributed by atoms with E-state index in [2.05, 4.69) is 48.3 Å². The van der Waals surface area contributed by atoms with Gasteiger partial charge in [0.25, 0.3) is 0 Å². The third-order valence-corrected chi connectivity index (χ3v) is 4.91. The lowest BCUT2D eigenvalue weighted by atomic mass is 9.74. The number of nitrogens with zero attached hydrogens (tertiary/aromatic N) is 1. The summed E-state index contributed by atoms with van der Waals surface area (Å²) in [7, 11) is 0. The highest BCUT2D eigenvalue weighted by atomic mass is 16.3. The molecule has 0 spiro atoms. The Kier molecular flexibility index (Phi) is 5.92. The quantitative estimate of drug-likeness (QED) is 0.800. The molecule has 0 bridgehead atoms. The molecule has 118 valence electrons. The first kappa shape index (κ1) is 16.2. The molecule has 3 nitrogen and oxygen atoms in total. The van der Waals surface area contributed by atoms with Crippen molar-refractivity contribution in [2.24, 2.45) is 5.41 Å². The average molecular weight is 290 g/mol. The van der Waals surface area contributed by atoms with Crippen molar-refractivity contribution in [1.29, 1.82) is 0 Å². The van der Waals surface area contributed by atoms with E-state index in [1.165, 1.54) is 24.9 Å². The van der Waals surface area contributed by atoms with Crippen LogP contribution in [-0.4, -0.2) is 31.3 Å². The van der Waals surface area contributed by atoms with Crippen molar-refractivity contribution in [3.8, 4) is 0 Å². The molecule has 21 heavy (non-hydrogen) atoms. The maximum Gasteiger partial charge on any atom is 0.0504 e. The second kappa shape index (κ2) is 7.69. The van der Waals surface area contributed by atoms with Crippen molar-refractivity contribution in [1.82, 2.24) is 0 Å². The summed E-state index contributed by atoms with van der Waals surface area (Å²) >= 11 is 0. The van der Waals surface area contributed by atoms with Crippen molar-refractivity contribution in [2.75, 3.05) is 36.5 Å². The molecule has 2 N–H and O–H groups in total. The van der Waals surface area contributed by atoms with E-state index in [0.29, 0.717) is 6.61 Å². The van der Waals surface area contributed by atoms with Crippen LogP contribution >= 0.6 is 0 Å². The predicted molar refractivity (Wildman–Crippen MR) is 91.1 cm³/mol. The topological polar surface area (TPSA) is 35.5 Å². The van der Waals surface area contributed by atoms with E-state index >= 15 is 0 Å². The molecule has 1 aromatic rings. The highest BCUT2D eigenvalue weighted by Crippen LogP contribution is 2.36. The lowest BCUT2D eigenvalue weighted by Gasteiger charge is -2.36. The smallest absolute Gasteiger partial charge is 0.0504 e. The van der Waals surface area contributed by atoms with E-state index in [9.17, 15) is 5.11 Å². The lowest BCUT2D eigenvalue weighted by Crippen LogP contribution is -2.35. The Morgan fingerprint density at radius 1 is 1.05 bits per heavy atom. The van der Waals surface area contributed by atoms with Gasteiger partial charge in [0.05, 0.1) is 6.61 Å². The van der Waals surface area contributed by atoms with Crippen molar-refractivity contribution >= 4 is 11.4 Å². The summed E-state index contributed by atoms with van der Waals surface area (Å²) in [6.07, 6.45) is 6.12. The van der Waals surface area contributed by atoms with Crippen LogP contribution in [0.5, 0.6) is 0 Å². The molecule has 0 radical (unpaired) electrons. The number of hydrogen-bond donors (Lipinski definition) is 2. The first-order chi connectivity index (χ1) is 10.2. The SMILES string of the molecule is CCN(CC)c1ccc(NCC2(CO)CCCCC2)cc1. The fourth-order valence-corrected chi connectivity index (χ4v) is 3.36. The number of benzene rings is 1. The Morgan fingerprint density at radius 2 is 1.67 bits per heavy atom. The molecule has 0 aromatic heterocycles. The number of aliphatic hydroxyl groups is 1.